The van der Waals surface area contributed by atoms with Crippen molar-refractivity contribution in [3.8, 4) is 0 Å². The molecule has 1 unspecified atom stereocenters. The monoisotopic (exact) mass is 250 g/mol. The number of rotatable bonds is 6. The van der Waals surface area contributed by atoms with E-state index in [0.717, 1.165) is 5.56 Å². The van der Waals surface area contributed by atoms with Gasteiger partial charge < -0.3 is 9.47 Å². The molecule has 4 nitrogen and oxygen atoms in total. The lowest BCUT2D eigenvalue weighted by molar-refractivity contribution is -0.144. The molecular formula is C14H18O4. The van der Waals surface area contributed by atoms with Gasteiger partial charge in [-0.1, -0.05) is 30.3 Å². The van der Waals surface area contributed by atoms with E-state index in [-0.39, 0.29) is 17.9 Å². The normalized spacial score (nSPS) is 11.7. The van der Waals surface area contributed by atoms with Gasteiger partial charge in [-0.2, -0.15) is 0 Å². The van der Waals surface area contributed by atoms with Gasteiger partial charge in [-0.3, -0.25) is 9.59 Å². The summed E-state index contributed by atoms with van der Waals surface area (Å²) >= 11 is 0. The highest BCUT2D eigenvalue weighted by Gasteiger charge is 2.13. The van der Waals surface area contributed by atoms with Crippen LogP contribution >= 0.6 is 0 Å². The highest BCUT2D eigenvalue weighted by Crippen LogP contribution is 2.20. The minimum Gasteiger partial charge on any atom is -0.466 e. The number of carbonyl (C=O) groups excluding carboxylic acids is 2. The minimum atomic E-state index is -0.302. The zero-order valence-corrected chi connectivity index (χ0v) is 10.7. The number of hydrogen-bond donors (Lipinski definition) is 0. The molecule has 0 bridgehead atoms. The van der Waals surface area contributed by atoms with Crippen molar-refractivity contribution in [2.24, 2.45) is 0 Å². The fourth-order valence-corrected chi connectivity index (χ4v) is 1.63. The molecule has 0 aliphatic carbocycles. The topological polar surface area (TPSA) is 52.6 Å². The summed E-state index contributed by atoms with van der Waals surface area (Å²) in [5.41, 5.74) is 1.07. The molecule has 1 aromatic rings. The van der Waals surface area contributed by atoms with Crippen molar-refractivity contribution in [1.82, 2.24) is 0 Å². The van der Waals surface area contributed by atoms with Crippen LogP contribution in [0.4, 0.5) is 0 Å². The standard InChI is InChI=1S/C14H18O4/c1-11(15)17-9-8-14(10-18-12(2)16)13-6-4-3-5-7-13/h3-7,14H,8-10H2,1-2H3. The van der Waals surface area contributed by atoms with Crippen LogP contribution in [0.3, 0.4) is 0 Å². The third kappa shape index (κ3) is 5.48. The second kappa shape index (κ2) is 7.48. The van der Waals surface area contributed by atoms with E-state index in [1.165, 1.54) is 13.8 Å². The molecule has 0 aliphatic rings. The zero-order chi connectivity index (χ0) is 13.4. The molecule has 98 valence electrons. The Labute approximate surface area is 107 Å². The van der Waals surface area contributed by atoms with Crippen LogP contribution in [-0.2, 0) is 19.1 Å². The van der Waals surface area contributed by atoms with Crippen LogP contribution in [0, 0.1) is 0 Å². The lowest BCUT2D eigenvalue weighted by Crippen LogP contribution is -2.14. The molecule has 4 heteroatoms. The van der Waals surface area contributed by atoms with E-state index in [1.807, 2.05) is 30.3 Å². The van der Waals surface area contributed by atoms with Crippen LogP contribution in [0.2, 0.25) is 0 Å². The van der Waals surface area contributed by atoms with Crippen molar-refractivity contribution in [2.45, 2.75) is 26.2 Å². The summed E-state index contributed by atoms with van der Waals surface area (Å²) in [6.07, 6.45) is 0.636. The Balaban J connectivity index is 2.57. The van der Waals surface area contributed by atoms with E-state index in [9.17, 15) is 9.59 Å². The van der Waals surface area contributed by atoms with Gasteiger partial charge >= 0.3 is 11.9 Å². The number of benzene rings is 1. The van der Waals surface area contributed by atoms with E-state index in [2.05, 4.69) is 0 Å². The van der Waals surface area contributed by atoms with Gasteiger partial charge in [0.2, 0.25) is 0 Å². The predicted molar refractivity (Wildman–Crippen MR) is 67.1 cm³/mol. The highest BCUT2D eigenvalue weighted by molar-refractivity contribution is 5.66. The van der Waals surface area contributed by atoms with Gasteiger partial charge in [0.1, 0.15) is 0 Å². The lowest BCUT2D eigenvalue weighted by Gasteiger charge is -2.16. The molecule has 0 amide bonds. The number of esters is 2. The van der Waals surface area contributed by atoms with E-state index in [0.29, 0.717) is 19.6 Å². The maximum Gasteiger partial charge on any atom is 0.302 e. The molecule has 0 aromatic heterocycles. The third-order valence-corrected chi connectivity index (χ3v) is 2.53. The summed E-state index contributed by atoms with van der Waals surface area (Å²) in [5.74, 6) is -0.549. The van der Waals surface area contributed by atoms with E-state index in [1.54, 1.807) is 0 Å². The number of hydrogen-bond acceptors (Lipinski definition) is 4. The van der Waals surface area contributed by atoms with E-state index >= 15 is 0 Å². The van der Waals surface area contributed by atoms with E-state index < -0.39 is 0 Å². The van der Waals surface area contributed by atoms with Gasteiger partial charge in [-0.25, -0.2) is 0 Å². The average molecular weight is 250 g/mol. The Morgan fingerprint density at radius 2 is 1.67 bits per heavy atom. The van der Waals surface area contributed by atoms with Crippen LogP contribution in [-0.4, -0.2) is 25.2 Å². The summed E-state index contributed by atoms with van der Waals surface area (Å²) in [6.45, 7) is 3.40. The van der Waals surface area contributed by atoms with Crippen molar-refractivity contribution >= 4 is 11.9 Å². The Morgan fingerprint density at radius 3 is 2.22 bits per heavy atom. The largest absolute Gasteiger partial charge is 0.466 e. The molecule has 1 aromatic carbocycles. The smallest absolute Gasteiger partial charge is 0.302 e. The molecule has 0 radical (unpaired) electrons. The van der Waals surface area contributed by atoms with Gasteiger partial charge in [0.05, 0.1) is 13.2 Å². The van der Waals surface area contributed by atoms with Crippen LogP contribution in [0.15, 0.2) is 30.3 Å². The van der Waals surface area contributed by atoms with Crippen LogP contribution in [0.5, 0.6) is 0 Å². The molecule has 1 atom stereocenters. The second-order valence-corrected chi connectivity index (χ2v) is 4.04. The Bertz CT molecular complexity index is 386. The van der Waals surface area contributed by atoms with Gasteiger partial charge in [-0.15, -0.1) is 0 Å². The zero-order valence-electron chi connectivity index (χ0n) is 10.7. The summed E-state index contributed by atoms with van der Waals surface area (Å²) in [4.78, 5) is 21.6. The number of ether oxygens (including phenoxy) is 2. The van der Waals surface area contributed by atoms with Gasteiger partial charge in [0.15, 0.2) is 0 Å². The molecule has 0 spiro atoms. The first-order valence-electron chi connectivity index (χ1n) is 5.91. The number of carbonyl (C=O) groups is 2. The average Bonchev–Trinajstić information content (AvgIpc) is 2.34. The summed E-state index contributed by atoms with van der Waals surface area (Å²) < 4.78 is 9.96. The molecule has 0 saturated heterocycles. The van der Waals surface area contributed by atoms with Gasteiger partial charge in [0.25, 0.3) is 0 Å². The predicted octanol–water partition coefficient (Wildman–Crippen LogP) is 2.29. The van der Waals surface area contributed by atoms with E-state index in [4.69, 9.17) is 9.47 Å². The van der Waals surface area contributed by atoms with Gasteiger partial charge in [0, 0.05) is 19.8 Å². The molecule has 0 heterocycles. The van der Waals surface area contributed by atoms with Crippen molar-refractivity contribution in [1.29, 1.82) is 0 Å². The summed E-state index contributed by atoms with van der Waals surface area (Å²) in [6, 6.07) is 9.74. The van der Waals surface area contributed by atoms with Crippen molar-refractivity contribution in [3.05, 3.63) is 35.9 Å². The Kier molecular flexibility index (Phi) is 5.91. The van der Waals surface area contributed by atoms with Gasteiger partial charge in [-0.05, 0) is 12.0 Å². The lowest BCUT2D eigenvalue weighted by atomic mass is 9.97. The second-order valence-electron chi connectivity index (χ2n) is 4.04. The van der Waals surface area contributed by atoms with Crippen LogP contribution in [0.25, 0.3) is 0 Å². The Hall–Kier alpha value is -1.84. The van der Waals surface area contributed by atoms with Crippen molar-refractivity contribution in [2.75, 3.05) is 13.2 Å². The van der Waals surface area contributed by atoms with Crippen molar-refractivity contribution in [3.63, 3.8) is 0 Å². The molecule has 18 heavy (non-hydrogen) atoms. The molecule has 0 fully saturated rings. The first-order chi connectivity index (χ1) is 8.59. The van der Waals surface area contributed by atoms with Crippen LogP contribution in [0.1, 0.15) is 31.7 Å². The highest BCUT2D eigenvalue weighted by atomic mass is 16.5. The molecule has 0 N–H and O–H groups in total. The SMILES string of the molecule is CC(=O)OCCC(COC(C)=O)c1ccccc1. The molecular weight excluding hydrogens is 232 g/mol. The fraction of sp³-hybridized carbons (Fsp3) is 0.429. The quantitative estimate of drug-likeness (QED) is 0.727. The molecule has 0 aliphatic heterocycles. The van der Waals surface area contributed by atoms with Crippen molar-refractivity contribution < 1.29 is 19.1 Å². The Morgan fingerprint density at radius 1 is 1.06 bits per heavy atom. The first-order valence-corrected chi connectivity index (χ1v) is 5.91. The fourth-order valence-electron chi connectivity index (χ4n) is 1.63. The third-order valence-electron chi connectivity index (χ3n) is 2.53. The molecule has 1 rings (SSSR count). The molecule has 0 saturated carbocycles. The maximum absolute atomic E-state index is 10.9. The summed E-state index contributed by atoms with van der Waals surface area (Å²) in [5, 5.41) is 0. The first kappa shape index (κ1) is 14.2. The summed E-state index contributed by atoms with van der Waals surface area (Å²) in [7, 11) is 0. The minimum absolute atomic E-state index is 0.0504. The maximum atomic E-state index is 10.9. The van der Waals surface area contributed by atoms with Crippen LogP contribution < -0.4 is 0 Å².